The zero-order valence-corrected chi connectivity index (χ0v) is 16.7. The van der Waals surface area contributed by atoms with Crippen molar-refractivity contribution in [2.45, 2.75) is 70.8 Å². The molecule has 2 aromatic carbocycles. The maximum Gasteiger partial charge on any atom is 0.129 e. The second-order valence-corrected chi connectivity index (χ2v) is 8.60. The molecule has 0 spiro atoms. The molecule has 0 saturated carbocycles. The van der Waals surface area contributed by atoms with Crippen LogP contribution in [0.25, 0.3) is 0 Å². The van der Waals surface area contributed by atoms with Crippen LogP contribution in [0, 0.1) is 0 Å². The van der Waals surface area contributed by atoms with Crippen LogP contribution in [0.15, 0.2) is 30.3 Å². The maximum atomic E-state index is 10.6. The first kappa shape index (κ1) is 18.2. The highest BCUT2D eigenvalue weighted by Gasteiger charge is 2.32. The average molecular weight is 367 g/mol. The molecule has 0 saturated heterocycles. The van der Waals surface area contributed by atoms with Gasteiger partial charge in [0.05, 0.1) is 6.61 Å². The summed E-state index contributed by atoms with van der Waals surface area (Å²) in [6.07, 6.45) is 6.24. The summed E-state index contributed by atoms with van der Waals surface area (Å²) >= 11 is 0. The first-order valence-electron chi connectivity index (χ1n) is 10.2. The largest absolute Gasteiger partial charge is 0.508 e. The lowest BCUT2D eigenvalue weighted by Gasteiger charge is -2.35. The van der Waals surface area contributed by atoms with Crippen molar-refractivity contribution in [1.29, 1.82) is 0 Å². The molecule has 3 heteroatoms. The Balaban J connectivity index is 1.56. The Hall–Kier alpha value is -2.16. The highest BCUT2D eigenvalue weighted by Crippen LogP contribution is 2.44. The molecule has 144 valence electrons. The molecule has 0 aliphatic carbocycles. The SMILES string of the molecule is CCCCc1ccc(C2COc3c(ccc4c3CCC(C)(C)O4)C2)c(O)c1. The van der Waals surface area contributed by atoms with Crippen molar-refractivity contribution in [3.8, 4) is 17.2 Å². The number of hydrogen-bond acceptors (Lipinski definition) is 3. The second-order valence-electron chi connectivity index (χ2n) is 8.60. The lowest BCUT2D eigenvalue weighted by molar-refractivity contribution is 0.0826. The van der Waals surface area contributed by atoms with Gasteiger partial charge in [-0.15, -0.1) is 0 Å². The molecule has 0 aromatic heterocycles. The van der Waals surface area contributed by atoms with E-state index in [1.807, 2.05) is 6.07 Å². The molecule has 2 heterocycles. The third kappa shape index (κ3) is 3.65. The maximum absolute atomic E-state index is 10.6. The van der Waals surface area contributed by atoms with Crippen molar-refractivity contribution >= 4 is 0 Å². The standard InChI is InChI=1S/C24H30O3/c1-4-5-6-16-7-9-19(21(25)13-16)18-14-17-8-10-22-20(23(17)26-15-18)11-12-24(2,3)27-22/h7-10,13,18,25H,4-6,11-12,14-15H2,1-3H3. The van der Waals surface area contributed by atoms with Crippen LogP contribution in [0.4, 0.5) is 0 Å². The van der Waals surface area contributed by atoms with Crippen LogP contribution < -0.4 is 9.47 Å². The first-order chi connectivity index (χ1) is 13.0. The average Bonchev–Trinajstić information content (AvgIpc) is 2.65. The molecule has 2 aliphatic heterocycles. The van der Waals surface area contributed by atoms with Crippen LogP contribution in [0.2, 0.25) is 0 Å². The molecule has 0 radical (unpaired) electrons. The van der Waals surface area contributed by atoms with Crippen molar-refractivity contribution in [2.75, 3.05) is 6.61 Å². The quantitative estimate of drug-likeness (QED) is 0.770. The minimum absolute atomic E-state index is 0.107. The van der Waals surface area contributed by atoms with Gasteiger partial charge < -0.3 is 14.6 Å². The fourth-order valence-electron chi connectivity index (χ4n) is 4.28. The van der Waals surface area contributed by atoms with Crippen molar-refractivity contribution in [1.82, 2.24) is 0 Å². The Labute approximate surface area is 162 Å². The van der Waals surface area contributed by atoms with E-state index >= 15 is 0 Å². The fourth-order valence-corrected chi connectivity index (χ4v) is 4.28. The topological polar surface area (TPSA) is 38.7 Å². The second kappa shape index (κ2) is 7.10. The highest BCUT2D eigenvalue weighted by atomic mass is 16.5. The molecule has 0 amide bonds. The molecule has 2 aromatic rings. The van der Waals surface area contributed by atoms with Gasteiger partial charge in [-0.25, -0.2) is 0 Å². The monoisotopic (exact) mass is 366 g/mol. The van der Waals surface area contributed by atoms with Gasteiger partial charge >= 0.3 is 0 Å². The van der Waals surface area contributed by atoms with Gasteiger partial charge in [0.1, 0.15) is 22.8 Å². The molecule has 1 unspecified atom stereocenters. The Morgan fingerprint density at radius 2 is 2.04 bits per heavy atom. The number of benzene rings is 2. The van der Waals surface area contributed by atoms with Gasteiger partial charge in [-0.1, -0.05) is 31.5 Å². The Morgan fingerprint density at radius 1 is 1.19 bits per heavy atom. The molecule has 2 aliphatic rings. The minimum Gasteiger partial charge on any atom is -0.508 e. The summed E-state index contributed by atoms with van der Waals surface area (Å²) in [6.45, 7) is 7.07. The van der Waals surface area contributed by atoms with E-state index in [0.717, 1.165) is 49.2 Å². The number of phenols is 1. The van der Waals surface area contributed by atoms with E-state index in [1.54, 1.807) is 0 Å². The number of fused-ring (bicyclic) bond motifs is 3. The molecular weight excluding hydrogens is 336 g/mol. The molecule has 1 atom stereocenters. The lowest BCUT2D eigenvalue weighted by atomic mass is 9.86. The van der Waals surface area contributed by atoms with Crippen molar-refractivity contribution in [3.05, 3.63) is 52.6 Å². The summed E-state index contributed by atoms with van der Waals surface area (Å²) < 4.78 is 12.4. The summed E-state index contributed by atoms with van der Waals surface area (Å²) in [6, 6.07) is 10.4. The number of rotatable bonds is 4. The summed E-state index contributed by atoms with van der Waals surface area (Å²) in [7, 11) is 0. The van der Waals surface area contributed by atoms with Crippen LogP contribution in [-0.2, 0) is 19.3 Å². The van der Waals surface area contributed by atoms with Gasteiger partial charge in [0.2, 0.25) is 0 Å². The molecule has 1 N–H and O–H groups in total. The van der Waals surface area contributed by atoms with E-state index in [4.69, 9.17) is 9.47 Å². The normalized spacial score (nSPS) is 20.2. The van der Waals surface area contributed by atoms with Gasteiger partial charge in [0.15, 0.2) is 0 Å². The van der Waals surface area contributed by atoms with Crippen LogP contribution in [0.5, 0.6) is 17.2 Å². The van der Waals surface area contributed by atoms with E-state index < -0.39 is 0 Å². The van der Waals surface area contributed by atoms with Gasteiger partial charge in [-0.05, 0) is 69.2 Å². The van der Waals surface area contributed by atoms with Gasteiger partial charge in [-0.2, -0.15) is 0 Å². The Bertz CT molecular complexity index is 838. The van der Waals surface area contributed by atoms with Crippen LogP contribution in [-0.4, -0.2) is 17.3 Å². The van der Waals surface area contributed by atoms with E-state index in [2.05, 4.69) is 45.0 Å². The number of aryl methyl sites for hydroxylation is 1. The highest BCUT2D eigenvalue weighted by molar-refractivity contribution is 5.53. The molecule has 4 rings (SSSR count). The number of unbranched alkanes of at least 4 members (excludes halogenated alkanes) is 1. The molecule has 0 bridgehead atoms. The fraction of sp³-hybridized carbons (Fsp3) is 0.500. The molecular formula is C24H30O3. The van der Waals surface area contributed by atoms with E-state index in [1.165, 1.54) is 23.1 Å². The zero-order valence-electron chi connectivity index (χ0n) is 16.7. The number of phenolic OH excluding ortho intramolecular Hbond substituents is 1. The summed E-state index contributed by atoms with van der Waals surface area (Å²) in [5.41, 5.74) is 4.54. The minimum atomic E-state index is -0.107. The Morgan fingerprint density at radius 3 is 2.81 bits per heavy atom. The summed E-state index contributed by atoms with van der Waals surface area (Å²) in [5.74, 6) is 2.57. The Kier molecular flexibility index (Phi) is 4.79. The third-order valence-electron chi connectivity index (χ3n) is 5.91. The van der Waals surface area contributed by atoms with Crippen LogP contribution >= 0.6 is 0 Å². The summed E-state index contributed by atoms with van der Waals surface area (Å²) in [4.78, 5) is 0. The van der Waals surface area contributed by atoms with Crippen LogP contribution in [0.1, 0.15) is 68.2 Å². The van der Waals surface area contributed by atoms with Crippen molar-refractivity contribution in [2.24, 2.45) is 0 Å². The predicted octanol–water partition coefficient (Wildman–Crippen LogP) is 5.56. The van der Waals surface area contributed by atoms with E-state index in [-0.39, 0.29) is 11.5 Å². The van der Waals surface area contributed by atoms with E-state index in [0.29, 0.717) is 12.4 Å². The first-order valence-corrected chi connectivity index (χ1v) is 10.2. The van der Waals surface area contributed by atoms with Gasteiger partial charge in [0, 0.05) is 17.0 Å². The smallest absolute Gasteiger partial charge is 0.129 e. The predicted molar refractivity (Wildman–Crippen MR) is 108 cm³/mol. The van der Waals surface area contributed by atoms with Crippen molar-refractivity contribution < 1.29 is 14.6 Å². The lowest BCUT2D eigenvalue weighted by Crippen LogP contribution is -2.33. The molecule has 3 nitrogen and oxygen atoms in total. The van der Waals surface area contributed by atoms with E-state index in [9.17, 15) is 5.11 Å². The molecule has 0 fully saturated rings. The van der Waals surface area contributed by atoms with Crippen molar-refractivity contribution in [3.63, 3.8) is 0 Å². The number of aromatic hydroxyl groups is 1. The number of ether oxygens (including phenoxy) is 2. The molecule has 27 heavy (non-hydrogen) atoms. The van der Waals surface area contributed by atoms with Crippen LogP contribution in [0.3, 0.4) is 0 Å². The van der Waals surface area contributed by atoms with Gasteiger partial charge in [-0.3, -0.25) is 0 Å². The van der Waals surface area contributed by atoms with Gasteiger partial charge in [0.25, 0.3) is 0 Å². The summed E-state index contributed by atoms with van der Waals surface area (Å²) in [5, 5.41) is 10.6. The zero-order chi connectivity index (χ0) is 19.0. The third-order valence-corrected chi connectivity index (χ3v) is 5.91. The number of hydrogen-bond donors (Lipinski definition) is 1.